The number of amides is 1. The van der Waals surface area contributed by atoms with Gasteiger partial charge in [-0.1, -0.05) is 36.4 Å². The Balaban J connectivity index is 1.18. The number of oxazole rings is 1. The van der Waals surface area contributed by atoms with Gasteiger partial charge < -0.3 is 14.5 Å². The molecule has 2 N–H and O–H groups in total. The minimum absolute atomic E-state index is 0.177. The molecule has 3 aromatic carbocycles. The standard InChI is InChI=1S/C27H20N4O3S/c32-25(19-11-13-22(14-12-19)33-17-18-6-2-1-3-7-18)31-27(35)29-21-9-4-8-20(16-21)26-30-24-23(34-26)10-5-15-28-24/h1-16H,17H2,(H2,29,31,32,35). The second-order valence-corrected chi connectivity index (χ2v) is 8.04. The molecule has 35 heavy (non-hydrogen) atoms. The Hall–Kier alpha value is -4.56. The van der Waals surface area contributed by atoms with Crippen molar-refractivity contribution < 1.29 is 13.9 Å². The fourth-order valence-corrected chi connectivity index (χ4v) is 3.61. The van der Waals surface area contributed by atoms with Gasteiger partial charge in [0.25, 0.3) is 5.91 Å². The third-order valence-electron chi connectivity index (χ3n) is 5.12. The summed E-state index contributed by atoms with van der Waals surface area (Å²) in [5.41, 5.74) is 4.14. The van der Waals surface area contributed by atoms with Crippen LogP contribution in [0.25, 0.3) is 22.7 Å². The molecule has 2 heterocycles. The zero-order chi connectivity index (χ0) is 24.0. The number of rotatable bonds is 6. The van der Waals surface area contributed by atoms with E-state index in [-0.39, 0.29) is 11.0 Å². The van der Waals surface area contributed by atoms with Crippen molar-refractivity contribution in [3.8, 4) is 17.2 Å². The van der Waals surface area contributed by atoms with Gasteiger partial charge in [0.15, 0.2) is 16.3 Å². The van der Waals surface area contributed by atoms with Crippen LogP contribution in [-0.2, 0) is 6.61 Å². The van der Waals surface area contributed by atoms with Crippen LogP contribution in [0.4, 0.5) is 5.69 Å². The summed E-state index contributed by atoms with van der Waals surface area (Å²) in [7, 11) is 0. The second-order valence-electron chi connectivity index (χ2n) is 7.63. The number of fused-ring (bicyclic) bond motifs is 1. The van der Waals surface area contributed by atoms with E-state index in [4.69, 9.17) is 21.4 Å². The maximum absolute atomic E-state index is 12.6. The van der Waals surface area contributed by atoms with Crippen molar-refractivity contribution in [3.05, 3.63) is 108 Å². The number of nitrogens with one attached hydrogen (secondary N) is 2. The summed E-state index contributed by atoms with van der Waals surface area (Å²) in [6, 6.07) is 27.8. The molecule has 0 fully saturated rings. The number of hydrogen-bond donors (Lipinski definition) is 2. The molecule has 0 aliphatic heterocycles. The Morgan fingerprint density at radius 2 is 1.77 bits per heavy atom. The lowest BCUT2D eigenvalue weighted by atomic mass is 10.2. The number of pyridine rings is 1. The van der Waals surface area contributed by atoms with Crippen LogP contribution in [-0.4, -0.2) is 21.0 Å². The van der Waals surface area contributed by atoms with E-state index in [1.165, 1.54) is 0 Å². The first-order chi connectivity index (χ1) is 17.1. The van der Waals surface area contributed by atoms with E-state index in [0.29, 0.717) is 40.7 Å². The van der Waals surface area contributed by atoms with E-state index in [0.717, 1.165) is 11.1 Å². The number of benzene rings is 3. The maximum Gasteiger partial charge on any atom is 0.257 e. The summed E-state index contributed by atoms with van der Waals surface area (Å²) >= 11 is 5.33. The topological polar surface area (TPSA) is 89.3 Å². The van der Waals surface area contributed by atoms with Crippen molar-refractivity contribution in [2.45, 2.75) is 6.61 Å². The number of nitrogens with zero attached hydrogens (tertiary/aromatic N) is 2. The lowest BCUT2D eigenvalue weighted by molar-refractivity contribution is 0.0977. The molecule has 5 rings (SSSR count). The van der Waals surface area contributed by atoms with Gasteiger partial charge in [-0.3, -0.25) is 10.1 Å². The average molecular weight is 481 g/mol. The molecule has 0 saturated carbocycles. The predicted octanol–water partition coefficient (Wildman–Crippen LogP) is 5.60. The number of carbonyl (C=O) groups is 1. The first kappa shape index (κ1) is 22.2. The first-order valence-electron chi connectivity index (χ1n) is 10.9. The highest BCUT2D eigenvalue weighted by Gasteiger charge is 2.11. The molecule has 8 heteroatoms. The lowest BCUT2D eigenvalue weighted by Crippen LogP contribution is -2.34. The van der Waals surface area contributed by atoms with Crippen LogP contribution in [0.2, 0.25) is 0 Å². The van der Waals surface area contributed by atoms with Crippen LogP contribution >= 0.6 is 12.2 Å². The largest absolute Gasteiger partial charge is 0.489 e. The van der Waals surface area contributed by atoms with E-state index in [2.05, 4.69) is 20.6 Å². The Labute approximate surface area is 206 Å². The van der Waals surface area contributed by atoms with Crippen LogP contribution in [0.3, 0.4) is 0 Å². The van der Waals surface area contributed by atoms with E-state index >= 15 is 0 Å². The zero-order valence-electron chi connectivity index (χ0n) is 18.5. The zero-order valence-corrected chi connectivity index (χ0v) is 19.3. The predicted molar refractivity (Wildman–Crippen MR) is 138 cm³/mol. The van der Waals surface area contributed by atoms with Gasteiger partial charge in [-0.15, -0.1) is 0 Å². The van der Waals surface area contributed by atoms with Gasteiger partial charge in [-0.2, -0.15) is 4.98 Å². The molecule has 2 aromatic heterocycles. The van der Waals surface area contributed by atoms with Gasteiger partial charge in [0.05, 0.1) is 0 Å². The molecule has 0 radical (unpaired) electrons. The van der Waals surface area contributed by atoms with E-state index < -0.39 is 0 Å². The maximum atomic E-state index is 12.6. The van der Waals surface area contributed by atoms with Gasteiger partial charge in [0.2, 0.25) is 5.89 Å². The van der Waals surface area contributed by atoms with Crippen molar-refractivity contribution in [2.75, 3.05) is 5.32 Å². The Morgan fingerprint density at radius 3 is 2.57 bits per heavy atom. The molecule has 0 atom stereocenters. The van der Waals surface area contributed by atoms with Gasteiger partial charge in [-0.25, -0.2) is 4.98 Å². The van der Waals surface area contributed by atoms with Crippen LogP contribution in [0.1, 0.15) is 15.9 Å². The van der Waals surface area contributed by atoms with Crippen molar-refractivity contribution in [2.24, 2.45) is 0 Å². The molecule has 7 nitrogen and oxygen atoms in total. The Bertz CT molecular complexity index is 1450. The molecule has 0 saturated heterocycles. The molecule has 0 aliphatic rings. The lowest BCUT2D eigenvalue weighted by Gasteiger charge is -2.11. The van der Waals surface area contributed by atoms with Crippen LogP contribution in [0.5, 0.6) is 5.75 Å². The number of hydrogen-bond acceptors (Lipinski definition) is 6. The molecular weight excluding hydrogens is 460 g/mol. The van der Waals surface area contributed by atoms with E-state index in [1.54, 1.807) is 36.5 Å². The highest BCUT2D eigenvalue weighted by Crippen LogP contribution is 2.25. The summed E-state index contributed by atoms with van der Waals surface area (Å²) in [6.07, 6.45) is 1.67. The molecule has 1 amide bonds. The fraction of sp³-hybridized carbons (Fsp3) is 0.0370. The monoisotopic (exact) mass is 480 g/mol. The quantitative estimate of drug-likeness (QED) is 0.306. The molecule has 0 unspecified atom stereocenters. The van der Waals surface area contributed by atoms with Crippen molar-refractivity contribution in [1.29, 1.82) is 0 Å². The van der Waals surface area contributed by atoms with Crippen LogP contribution < -0.4 is 15.4 Å². The summed E-state index contributed by atoms with van der Waals surface area (Å²) in [6.45, 7) is 0.458. The van der Waals surface area contributed by atoms with Gasteiger partial charge in [-0.05, 0) is 72.4 Å². The molecule has 0 aliphatic carbocycles. The third kappa shape index (κ3) is 5.51. The van der Waals surface area contributed by atoms with Crippen molar-refractivity contribution in [1.82, 2.24) is 15.3 Å². The highest BCUT2D eigenvalue weighted by atomic mass is 32.1. The first-order valence-corrected chi connectivity index (χ1v) is 11.3. The molecule has 0 spiro atoms. The normalized spacial score (nSPS) is 10.6. The summed E-state index contributed by atoms with van der Waals surface area (Å²) in [5.74, 6) is 0.808. The fourth-order valence-electron chi connectivity index (χ4n) is 3.40. The number of carbonyl (C=O) groups excluding carboxylic acids is 1. The van der Waals surface area contributed by atoms with Crippen LogP contribution in [0.15, 0.2) is 102 Å². The van der Waals surface area contributed by atoms with Crippen LogP contribution in [0, 0.1) is 0 Å². The van der Waals surface area contributed by atoms with Crippen molar-refractivity contribution in [3.63, 3.8) is 0 Å². The van der Waals surface area contributed by atoms with Gasteiger partial charge in [0, 0.05) is 23.0 Å². The van der Waals surface area contributed by atoms with E-state index in [1.807, 2.05) is 60.7 Å². The highest BCUT2D eigenvalue weighted by molar-refractivity contribution is 7.80. The minimum atomic E-state index is -0.321. The average Bonchev–Trinajstić information content (AvgIpc) is 3.33. The minimum Gasteiger partial charge on any atom is -0.489 e. The molecular formula is C27H20N4O3S. The summed E-state index contributed by atoms with van der Waals surface area (Å²) in [5, 5.41) is 5.90. The summed E-state index contributed by atoms with van der Waals surface area (Å²) < 4.78 is 11.5. The smallest absolute Gasteiger partial charge is 0.257 e. The van der Waals surface area contributed by atoms with Gasteiger partial charge in [0.1, 0.15) is 12.4 Å². The third-order valence-corrected chi connectivity index (χ3v) is 5.33. The summed E-state index contributed by atoms with van der Waals surface area (Å²) in [4.78, 5) is 21.2. The second kappa shape index (κ2) is 10.1. The van der Waals surface area contributed by atoms with Gasteiger partial charge >= 0.3 is 0 Å². The molecule has 172 valence electrons. The molecule has 5 aromatic rings. The number of ether oxygens (including phenoxy) is 1. The SMILES string of the molecule is O=C(NC(=S)Nc1cccc(-c2nc3ncccc3o2)c1)c1ccc(OCc2ccccc2)cc1. The number of aromatic nitrogens is 2. The van der Waals surface area contributed by atoms with E-state index in [9.17, 15) is 4.79 Å². The molecule has 0 bridgehead atoms. The Kier molecular flexibility index (Phi) is 6.45. The number of thiocarbonyl (C=S) groups is 1. The van der Waals surface area contributed by atoms with Crippen molar-refractivity contribution >= 4 is 40.2 Å². The number of anilines is 1. The Morgan fingerprint density at radius 1 is 0.943 bits per heavy atom.